The molecule has 3 aliphatic rings. The number of aliphatic hydroxyl groups excluding tert-OH is 1. The van der Waals surface area contributed by atoms with Crippen molar-refractivity contribution >= 4 is 22.1 Å². The van der Waals surface area contributed by atoms with E-state index in [9.17, 15) is 23.1 Å². The van der Waals surface area contributed by atoms with E-state index < -0.39 is 46.1 Å². The lowest BCUT2D eigenvalue weighted by molar-refractivity contribution is -0.0907. The largest absolute Gasteiger partial charge is 0.454 e. The summed E-state index contributed by atoms with van der Waals surface area (Å²) in [6.07, 6.45) is -1.60. The molecule has 14 nitrogen and oxygen atoms in total. The second kappa shape index (κ2) is 16.6. The highest BCUT2D eigenvalue weighted by Crippen LogP contribution is 2.36. The maximum Gasteiger partial charge on any atom is 0.407 e. The number of aliphatic hydroxyl groups is 1. The van der Waals surface area contributed by atoms with Gasteiger partial charge in [-0.1, -0.05) is 44.2 Å². The molecule has 2 aromatic rings. The highest BCUT2D eigenvalue weighted by molar-refractivity contribution is 7.89. The van der Waals surface area contributed by atoms with Gasteiger partial charge in [0.2, 0.25) is 16.8 Å². The van der Waals surface area contributed by atoms with Crippen LogP contribution in [0.15, 0.2) is 53.4 Å². The Balaban J connectivity index is 1.35. The van der Waals surface area contributed by atoms with Crippen LogP contribution >= 0.6 is 0 Å². The number of sulfonamides is 1. The average molecular weight is 719 g/mol. The molecule has 3 aliphatic heterocycles. The Kier molecular flexibility index (Phi) is 12.5. The second-order valence-electron chi connectivity index (χ2n) is 13.6. The standard InChI is InChI=1S/C35H50N4O10S/c1-5-38(6-2)33(41)36-16-15-35(3,4)22-39(50(43,44)25-12-13-29-30(19-25)48-23-47-29)20-28(40)27(18-24-10-8-7-9-11-24)37-34(42)49-31-21-46-32-26(31)14-17-45-32/h7-13,19,26-28,31-32,40H,5-6,14-18,20-23H2,1-4H3,(H,36,41)(H,37,42)/t26-,27-,28+,31-,32+/m0/s1. The van der Waals surface area contributed by atoms with Gasteiger partial charge < -0.3 is 44.3 Å². The van der Waals surface area contributed by atoms with Crippen LogP contribution in [0.5, 0.6) is 11.5 Å². The van der Waals surface area contributed by atoms with Crippen molar-refractivity contribution in [3.05, 3.63) is 54.1 Å². The molecule has 3 N–H and O–H groups in total. The molecule has 3 heterocycles. The molecule has 5 atom stereocenters. The van der Waals surface area contributed by atoms with Crippen LogP contribution in [0.2, 0.25) is 0 Å². The topological polar surface area (TPSA) is 165 Å². The van der Waals surface area contributed by atoms with E-state index in [1.807, 2.05) is 58.0 Å². The molecule has 0 aliphatic carbocycles. The number of ether oxygens (including phenoxy) is 5. The van der Waals surface area contributed by atoms with Crippen molar-refractivity contribution in [3.63, 3.8) is 0 Å². The number of amides is 3. The number of rotatable bonds is 16. The van der Waals surface area contributed by atoms with Gasteiger partial charge in [-0.05, 0) is 56.2 Å². The predicted octanol–water partition coefficient (Wildman–Crippen LogP) is 3.33. The van der Waals surface area contributed by atoms with E-state index in [1.165, 1.54) is 16.4 Å². The van der Waals surface area contributed by atoms with Crippen LogP contribution < -0.4 is 20.1 Å². The lowest BCUT2D eigenvalue weighted by Crippen LogP contribution is -2.52. The molecule has 2 fully saturated rings. The lowest BCUT2D eigenvalue weighted by atomic mass is 9.89. The average Bonchev–Trinajstić information content (AvgIpc) is 3.84. The summed E-state index contributed by atoms with van der Waals surface area (Å²) in [4.78, 5) is 27.5. The van der Waals surface area contributed by atoms with Crippen LogP contribution in [0, 0.1) is 11.3 Å². The number of hydrogen-bond donors (Lipinski definition) is 3. The number of hydrogen-bond acceptors (Lipinski definition) is 10. The molecule has 2 aromatic carbocycles. The minimum atomic E-state index is -4.21. The zero-order valence-electron chi connectivity index (χ0n) is 29.2. The van der Waals surface area contributed by atoms with E-state index >= 15 is 0 Å². The van der Waals surface area contributed by atoms with Crippen molar-refractivity contribution in [3.8, 4) is 11.5 Å². The minimum Gasteiger partial charge on any atom is -0.454 e. The van der Waals surface area contributed by atoms with Crippen LogP contribution in [0.25, 0.3) is 0 Å². The Morgan fingerprint density at radius 2 is 1.80 bits per heavy atom. The quantitative estimate of drug-likeness (QED) is 0.235. The second-order valence-corrected chi connectivity index (χ2v) is 15.5. The zero-order valence-corrected chi connectivity index (χ0v) is 30.0. The summed E-state index contributed by atoms with van der Waals surface area (Å²) in [7, 11) is -4.21. The molecule has 0 aromatic heterocycles. The maximum atomic E-state index is 14.3. The molecule has 276 valence electrons. The molecule has 50 heavy (non-hydrogen) atoms. The van der Waals surface area contributed by atoms with Gasteiger partial charge >= 0.3 is 12.1 Å². The van der Waals surface area contributed by atoms with Gasteiger partial charge in [-0.25, -0.2) is 18.0 Å². The van der Waals surface area contributed by atoms with Gasteiger partial charge in [-0.3, -0.25) is 0 Å². The van der Waals surface area contributed by atoms with E-state index in [4.69, 9.17) is 23.7 Å². The number of carbonyl (C=O) groups is 2. The number of nitrogens with one attached hydrogen (secondary N) is 2. The molecule has 3 amide bonds. The van der Waals surface area contributed by atoms with Gasteiger partial charge in [0.1, 0.15) is 6.10 Å². The molecular weight excluding hydrogens is 668 g/mol. The Hall–Kier alpha value is -3.63. The number of benzene rings is 2. The van der Waals surface area contributed by atoms with Crippen LogP contribution in [0.1, 0.15) is 46.1 Å². The number of alkyl carbamates (subject to hydrolysis) is 1. The lowest BCUT2D eigenvalue weighted by Gasteiger charge is -2.35. The molecule has 0 spiro atoms. The first-order valence-electron chi connectivity index (χ1n) is 17.2. The summed E-state index contributed by atoms with van der Waals surface area (Å²) >= 11 is 0. The van der Waals surface area contributed by atoms with Crippen molar-refractivity contribution in [1.82, 2.24) is 19.8 Å². The molecule has 0 bridgehead atoms. The molecule has 0 radical (unpaired) electrons. The van der Waals surface area contributed by atoms with Crippen LogP contribution in [0.3, 0.4) is 0 Å². The number of urea groups is 1. The third-order valence-corrected chi connectivity index (χ3v) is 11.2. The van der Waals surface area contributed by atoms with Crippen LogP contribution in [-0.4, -0.2) is 112 Å². The van der Waals surface area contributed by atoms with Crippen LogP contribution in [-0.2, 0) is 30.7 Å². The summed E-state index contributed by atoms with van der Waals surface area (Å²) in [6.45, 7) is 9.47. The van der Waals surface area contributed by atoms with Crippen molar-refractivity contribution in [2.24, 2.45) is 11.3 Å². The van der Waals surface area contributed by atoms with Gasteiger partial charge in [0.05, 0.1) is 36.2 Å². The monoisotopic (exact) mass is 718 g/mol. The first-order chi connectivity index (χ1) is 23.9. The summed E-state index contributed by atoms with van der Waals surface area (Å²) in [5.41, 5.74) is 0.198. The molecule has 5 rings (SSSR count). The van der Waals surface area contributed by atoms with E-state index in [-0.39, 0.29) is 49.8 Å². The molecule has 2 saturated heterocycles. The fourth-order valence-corrected chi connectivity index (χ4v) is 8.14. The number of fused-ring (bicyclic) bond motifs is 2. The van der Waals surface area contributed by atoms with E-state index in [1.54, 1.807) is 11.0 Å². The van der Waals surface area contributed by atoms with Gasteiger partial charge in [0.15, 0.2) is 17.8 Å². The first-order valence-corrected chi connectivity index (χ1v) is 18.7. The molecule has 0 saturated carbocycles. The van der Waals surface area contributed by atoms with Crippen LogP contribution in [0.4, 0.5) is 9.59 Å². The normalized spacial score (nSPS) is 21.0. The van der Waals surface area contributed by atoms with Gasteiger partial charge in [-0.15, -0.1) is 0 Å². The molecule has 0 unspecified atom stereocenters. The highest BCUT2D eigenvalue weighted by atomic mass is 32.2. The fourth-order valence-electron chi connectivity index (χ4n) is 6.48. The van der Waals surface area contributed by atoms with E-state index in [2.05, 4.69) is 10.6 Å². The third kappa shape index (κ3) is 9.37. The van der Waals surface area contributed by atoms with Gasteiger partial charge in [0.25, 0.3) is 0 Å². The Morgan fingerprint density at radius 1 is 1.06 bits per heavy atom. The highest BCUT2D eigenvalue weighted by Gasteiger charge is 2.44. The van der Waals surface area contributed by atoms with Crippen molar-refractivity contribution in [2.45, 2.75) is 76.4 Å². The summed E-state index contributed by atoms with van der Waals surface area (Å²) < 4.78 is 57.7. The zero-order chi connectivity index (χ0) is 35.9. The van der Waals surface area contributed by atoms with E-state index in [0.717, 1.165) is 5.56 Å². The Bertz CT molecular complexity index is 1560. The minimum absolute atomic E-state index is 0.00691. The van der Waals surface area contributed by atoms with E-state index in [0.29, 0.717) is 50.6 Å². The van der Waals surface area contributed by atoms with Gasteiger partial charge in [0, 0.05) is 38.8 Å². The van der Waals surface area contributed by atoms with Gasteiger partial charge in [-0.2, -0.15) is 4.31 Å². The molecular formula is C35H50N4O10S. The van der Waals surface area contributed by atoms with Crippen molar-refractivity contribution in [1.29, 1.82) is 0 Å². The Morgan fingerprint density at radius 3 is 2.54 bits per heavy atom. The Labute approximate surface area is 294 Å². The van der Waals surface area contributed by atoms with Crippen molar-refractivity contribution in [2.75, 3.05) is 52.7 Å². The maximum absolute atomic E-state index is 14.3. The summed E-state index contributed by atoms with van der Waals surface area (Å²) in [5, 5.41) is 17.5. The predicted molar refractivity (Wildman–Crippen MR) is 183 cm³/mol. The molecule has 15 heteroatoms. The SMILES string of the molecule is CCN(CC)C(=O)NCCC(C)(C)CN(C[C@@H](O)[C@H](Cc1ccccc1)NC(=O)O[C@H]1CO[C@H]2OCC[C@H]21)S(=O)(=O)c1ccc2c(c1)OCO2. The van der Waals surface area contributed by atoms with Crippen molar-refractivity contribution < 1.29 is 46.8 Å². The third-order valence-electron chi connectivity index (χ3n) is 9.42. The number of nitrogens with zero attached hydrogens (tertiary/aromatic N) is 2. The smallest absolute Gasteiger partial charge is 0.407 e. The first kappa shape index (κ1) is 37.6. The summed E-state index contributed by atoms with van der Waals surface area (Å²) in [6, 6.07) is 12.6. The summed E-state index contributed by atoms with van der Waals surface area (Å²) in [5.74, 6) is 0.676. The number of carbonyl (C=O) groups excluding carboxylic acids is 2. The fraction of sp³-hybridized carbons (Fsp3) is 0.600.